The van der Waals surface area contributed by atoms with Gasteiger partial charge in [-0.1, -0.05) is 26.0 Å². The van der Waals surface area contributed by atoms with Gasteiger partial charge in [0.1, 0.15) is 11.9 Å². The molecule has 0 radical (unpaired) electrons. The molecule has 2 unspecified atom stereocenters. The number of rotatable bonds is 4. The summed E-state index contributed by atoms with van der Waals surface area (Å²) in [5, 5.41) is 9.46. The van der Waals surface area contributed by atoms with Crippen LogP contribution < -0.4 is 4.74 Å². The van der Waals surface area contributed by atoms with Crippen molar-refractivity contribution in [2.24, 2.45) is 0 Å². The van der Waals surface area contributed by atoms with Crippen molar-refractivity contribution in [2.45, 2.75) is 52.7 Å². The molecule has 16 heavy (non-hydrogen) atoms. The molecule has 2 nitrogen and oxygen atoms in total. The Morgan fingerprint density at radius 1 is 1.12 bits per heavy atom. The lowest BCUT2D eigenvalue weighted by molar-refractivity contribution is 0.0596. The number of aliphatic hydroxyl groups is 1. The summed E-state index contributed by atoms with van der Waals surface area (Å²) >= 11 is 0. The zero-order valence-corrected chi connectivity index (χ0v) is 10.8. The SMILES string of the molecule is Cc1ccc(C(C)C)c(OC(C)C(C)O)c1. The van der Waals surface area contributed by atoms with Gasteiger partial charge in [-0.05, 0) is 43.9 Å². The number of benzene rings is 1. The highest BCUT2D eigenvalue weighted by Crippen LogP contribution is 2.28. The predicted molar refractivity (Wildman–Crippen MR) is 67.0 cm³/mol. The van der Waals surface area contributed by atoms with E-state index in [2.05, 4.69) is 26.0 Å². The molecule has 0 heterocycles. The van der Waals surface area contributed by atoms with Gasteiger partial charge in [0, 0.05) is 0 Å². The van der Waals surface area contributed by atoms with Crippen LogP contribution in [-0.4, -0.2) is 17.3 Å². The van der Waals surface area contributed by atoms with Gasteiger partial charge in [-0.25, -0.2) is 0 Å². The third-order valence-electron chi connectivity index (χ3n) is 2.78. The quantitative estimate of drug-likeness (QED) is 0.847. The Kier molecular flexibility index (Phi) is 4.36. The Labute approximate surface area is 98.3 Å². The average Bonchev–Trinajstić information content (AvgIpc) is 2.16. The molecule has 1 aromatic carbocycles. The number of hydrogen-bond donors (Lipinski definition) is 1. The number of aryl methyl sites for hydroxylation is 1. The van der Waals surface area contributed by atoms with Crippen molar-refractivity contribution in [3.05, 3.63) is 29.3 Å². The van der Waals surface area contributed by atoms with Gasteiger partial charge in [0.15, 0.2) is 0 Å². The summed E-state index contributed by atoms with van der Waals surface area (Å²) in [6, 6.07) is 6.23. The largest absolute Gasteiger partial charge is 0.488 e. The van der Waals surface area contributed by atoms with Gasteiger partial charge in [0.25, 0.3) is 0 Å². The first-order valence-corrected chi connectivity index (χ1v) is 5.87. The van der Waals surface area contributed by atoms with Crippen molar-refractivity contribution in [2.75, 3.05) is 0 Å². The van der Waals surface area contributed by atoms with Crippen LogP contribution in [0.1, 0.15) is 44.7 Å². The minimum Gasteiger partial charge on any atom is -0.488 e. The maximum Gasteiger partial charge on any atom is 0.123 e. The van der Waals surface area contributed by atoms with E-state index < -0.39 is 6.10 Å². The predicted octanol–water partition coefficient (Wildman–Crippen LogP) is 3.27. The molecule has 0 aliphatic heterocycles. The molecule has 0 bridgehead atoms. The highest BCUT2D eigenvalue weighted by molar-refractivity contribution is 5.39. The summed E-state index contributed by atoms with van der Waals surface area (Å²) in [5.41, 5.74) is 2.37. The third kappa shape index (κ3) is 3.24. The minimum absolute atomic E-state index is 0.181. The van der Waals surface area contributed by atoms with Gasteiger partial charge < -0.3 is 9.84 Å². The molecule has 0 amide bonds. The summed E-state index contributed by atoms with van der Waals surface area (Å²) in [7, 11) is 0. The Morgan fingerprint density at radius 3 is 2.25 bits per heavy atom. The summed E-state index contributed by atoms with van der Waals surface area (Å²) in [6.07, 6.45) is -0.639. The number of hydrogen-bond acceptors (Lipinski definition) is 2. The standard InChI is InChI=1S/C14H22O2/c1-9(2)13-7-6-10(3)8-14(13)16-12(5)11(4)15/h6-9,11-12,15H,1-5H3. The molecule has 1 aromatic rings. The van der Waals surface area contributed by atoms with E-state index in [-0.39, 0.29) is 6.10 Å². The molecule has 2 atom stereocenters. The third-order valence-corrected chi connectivity index (χ3v) is 2.78. The van der Waals surface area contributed by atoms with Crippen LogP contribution in [-0.2, 0) is 0 Å². The molecule has 0 spiro atoms. The smallest absolute Gasteiger partial charge is 0.123 e. The highest BCUT2D eigenvalue weighted by Gasteiger charge is 2.14. The fourth-order valence-corrected chi connectivity index (χ4v) is 1.52. The molecular weight excluding hydrogens is 200 g/mol. The van der Waals surface area contributed by atoms with Crippen molar-refractivity contribution in [3.63, 3.8) is 0 Å². The lowest BCUT2D eigenvalue weighted by Crippen LogP contribution is -2.26. The Hall–Kier alpha value is -1.02. The van der Waals surface area contributed by atoms with Crippen molar-refractivity contribution >= 4 is 0 Å². The first-order chi connectivity index (χ1) is 7.41. The van der Waals surface area contributed by atoms with Crippen LogP contribution in [0.4, 0.5) is 0 Å². The molecular formula is C14H22O2. The van der Waals surface area contributed by atoms with Crippen LogP contribution in [0.5, 0.6) is 5.75 Å². The van der Waals surface area contributed by atoms with E-state index in [0.717, 1.165) is 5.75 Å². The van der Waals surface area contributed by atoms with E-state index in [1.165, 1.54) is 11.1 Å². The van der Waals surface area contributed by atoms with Gasteiger partial charge in [0.05, 0.1) is 6.10 Å². The molecule has 1 N–H and O–H groups in total. The monoisotopic (exact) mass is 222 g/mol. The zero-order chi connectivity index (χ0) is 12.3. The Morgan fingerprint density at radius 2 is 1.75 bits per heavy atom. The molecule has 0 aromatic heterocycles. The second-order valence-corrected chi connectivity index (χ2v) is 4.76. The van der Waals surface area contributed by atoms with Gasteiger partial charge in [-0.2, -0.15) is 0 Å². The number of ether oxygens (including phenoxy) is 1. The maximum absolute atomic E-state index is 9.46. The molecule has 0 aliphatic rings. The van der Waals surface area contributed by atoms with Crippen LogP contribution >= 0.6 is 0 Å². The van der Waals surface area contributed by atoms with Gasteiger partial charge in [-0.3, -0.25) is 0 Å². The van der Waals surface area contributed by atoms with Gasteiger partial charge in [0.2, 0.25) is 0 Å². The normalized spacial score (nSPS) is 14.9. The summed E-state index contributed by atoms with van der Waals surface area (Å²) in [4.78, 5) is 0. The van der Waals surface area contributed by atoms with Crippen LogP contribution in [0.2, 0.25) is 0 Å². The van der Waals surface area contributed by atoms with E-state index in [1.54, 1.807) is 6.92 Å². The first-order valence-electron chi connectivity index (χ1n) is 5.87. The van der Waals surface area contributed by atoms with Crippen LogP contribution in [0.3, 0.4) is 0 Å². The second-order valence-electron chi connectivity index (χ2n) is 4.76. The molecule has 0 saturated carbocycles. The van der Waals surface area contributed by atoms with Gasteiger partial charge >= 0.3 is 0 Å². The fourth-order valence-electron chi connectivity index (χ4n) is 1.52. The lowest BCUT2D eigenvalue weighted by Gasteiger charge is -2.21. The lowest BCUT2D eigenvalue weighted by atomic mass is 10.0. The van der Waals surface area contributed by atoms with E-state index >= 15 is 0 Å². The minimum atomic E-state index is -0.458. The fraction of sp³-hybridized carbons (Fsp3) is 0.571. The van der Waals surface area contributed by atoms with Crippen LogP contribution in [0.15, 0.2) is 18.2 Å². The molecule has 0 saturated heterocycles. The van der Waals surface area contributed by atoms with Gasteiger partial charge in [-0.15, -0.1) is 0 Å². The summed E-state index contributed by atoms with van der Waals surface area (Å²) in [6.45, 7) is 9.96. The summed E-state index contributed by atoms with van der Waals surface area (Å²) in [5.74, 6) is 1.32. The van der Waals surface area contributed by atoms with Crippen molar-refractivity contribution in [3.8, 4) is 5.75 Å². The maximum atomic E-state index is 9.46. The topological polar surface area (TPSA) is 29.5 Å². The zero-order valence-electron chi connectivity index (χ0n) is 10.8. The molecule has 90 valence electrons. The number of aliphatic hydroxyl groups excluding tert-OH is 1. The highest BCUT2D eigenvalue weighted by atomic mass is 16.5. The molecule has 2 heteroatoms. The van der Waals surface area contributed by atoms with E-state index in [9.17, 15) is 5.11 Å². The van der Waals surface area contributed by atoms with Crippen LogP contribution in [0, 0.1) is 6.92 Å². The van der Waals surface area contributed by atoms with Crippen molar-refractivity contribution in [1.82, 2.24) is 0 Å². The first kappa shape index (κ1) is 13.0. The van der Waals surface area contributed by atoms with Crippen molar-refractivity contribution in [1.29, 1.82) is 0 Å². The molecule has 0 aliphatic carbocycles. The van der Waals surface area contributed by atoms with Crippen molar-refractivity contribution < 1.29 is 9.84 Å². The van der Waals surface area contributed by atoms with E-state index in [1.807, 2.05) is 19.9 Å². The molecule has 1 rings (SSSR count). The Balaban J connectivity index is 2.96. The van der Waals surface area contributed by atoms with E-state index in [4.69, 9.17) is 4.74 Å². The van der Waals surface area contributed by atoms with Crippen LogP contribution in [0.25, 0.3) is 0 Å². The average molecular weight is 222 g/mol. The summed E-state index contributed by atoms with van der Waals surface area (Å²) < 4.78 is 5.80. The molecule has 0 fully saturated rings. The second kappa shape index (κ2) is 5.35. The Bertz CT molecular complexity index is 343. The van der Waals surface area contributed by atoms with E-state index in [0.29, 0.717) is 5.92 Å².